The van der Waals surface area contributed by atoms with Crippen molar-refractivity contribution >= 4 is 33.3 Å². The van der Waals surface area contributed by atoms with Crippen LogP contribution in [0, 0.1) is 0 Å². The summed E-state index contributed by atoms with van der Waals surface area (Å²) in [5.41, 5.74) is 0.508. The minimum Gasteiger partial charge on any atom is -0.338 e. The van der Waals surface area contributed by atoms with Gasteiger partial charge in [0, 0.05) is 44.3 Å². The van der Waals surface area contributed by atoms with E-state index in [1.807, 2.05) is 4.90 Å². The maximum Gasteiger partial charge on any atom is 0.239 e. The van der Waals surface area contributed by atoms with Crippen LogP contribution < -0.4 is 10.2 Å². The zero-order valence-electron chi connectivity index (χ0n) is 15.2. The molecule has 28 heavy (non-hydrogen) atoms. The van der Waals surface area contributed by atoms with Crippen LogP contribution in [0.4, 0.5) is 11.6 Å². The van der Waals surface area contributed by atoms with Crippen LogP contribution in [0.25, 0.3) is 0 Å². The molecule has 2 aromatic rings. The summed E-state index contributed by atoms with van der Waals surface area (Å²) in [4.78, 5) is 36.1. The fourth-order valence-corrected chi connectivity index (χ4v) is 3.99. The first-order valence-corrected chi connectivity index (χ1v) is 10.6. The lowest BCUT2D eigenvalue weighted by molar-refractivity contribution is -0.128. The third-order valence-corrected chi connectivity index (χ3v) is 5.61. The van der Waals surface area contributed by atoms with E-state index in [0.717, 1.165) is 0 Å². The Balaban J connectivity index is 1.49. The molecule has 3 rings (SSSR count). The number of nitrogens with one attached hydrogen (secondary N) is 1. The Labute approximate surface area is 163 Å². The van der Waals surface area contributed by atoms with Gasteiger partial charge in [-0.1, -0.05) is 18.2 Å². The van der Waals surface area contributed by atoms with Gasteiger partial charge in [0.2, 0.25) is 17.8 Å². The highest BCUT2D eigenvalue weighted by Gasteiger charge is 2.27. The van der Waals surface area contributed by atoms with Crippen molar-refractivity contribution in [2.75, 3.05) is 47.9 Å². The van der Waals surface area contributed by atoms with E-state index in [1.54, 1.807) is 48.8 Å². The Kier molecular flexibility index (Phi) is 6.19. The van der Waals surface area contributed by atoms with Gasteiger partial charge >= 0.3 is 0 Å². The zero-order valence-corrected chi connectivity index (χ0v) is 16.0. The van der Waals surface area contributed by atoms with Crippen LogP contribution in [0.5, 0.6) is 0 Å². The second-order valence-electron chi connectivity index (χ2n) is 6.36. The van der Waals surface area contributed by atoms with Crippen LogP contribution in [-0.4, -0.2) is 72.8 Å². The quantitative estimate of drug-likeness (QED) is 0.732. The number of aromatic nitrogens is 2. The molecule has 1 aliphatic rings. The minimum absolute atomic E-state index is 0.378. The maximum atomic E-state index is 12.4. The van der Waals surface area contributed by atoms with E-state index in [1.165, 1.54) is 4.90 Å². The van der Waals surface area contributed by atoms with Gasteiger partial charge in [-0.25, -0.2) is 18.4 Å². The van der Waals surface area contributed by atoms with Gasteiger partial charge in [-0.15, -0.1) is 0 Å². The summed E-state index contributed by atoms with van der Waals surface area (Å²) in [6.45, 7) is 1.79. The Morgan fingerprint density at radius 1 is 0.929 bits per heavy atom. The summed E-state index contributed by atoms with van der Waals surface area (Å²) < 4.78 is 24.5. The third kappa shape index (κ3) is 5.49. The molecular formula is C18H21N5O4S. The van der Waals surface area contributed by atoms with Gasteiger partial charge in [0.15, 0.2) is 9.84 Å². The number of amides is 2. The number of nitrogens with zero attached hydrogens (tertiary/aromatic N) is 4. The molecule has 1 aromatic carbocycles. The number of rotatable bonds is 6. The largest absolute Gasteiger partial charge is 0.338 e. The van der Waals surface area contributed by atoms with Gasteiger partial charge in [0.05, 0.1) is 0 Å². The number of benzene rings is 1. The fraction of sp³-hybridized carbons (Fsp3) is 0.333. The van der Waals surface area contributed by atoms with Crippen molar-refractivity contribution in [2.24, 2.45) is 0 Å². The van der Waals surface area contributed by atoms with Crippen LogP contribution in [0.15, 0.2) is 48.8 Å². The van der Waals surface area contributed by atoms with E-state index in [2.05, 4.69) is 15.3 Å². The number of hydrogen-bond donors (Lipinski definition) is 1. The van der Waals surface area contributed by atoms with Gasteiger partial charge in [-0.05, 0) is 18.2 Å². The van der Waals surface area contributed by atoms with Crippen molar-refractivity contribution in [1.29, 1.82) is 0 Å². The molecule has 9 nitrogen and oxygen atoms in total. The molecule has 1 aliphatic heterocycles. The first-order chi connectivity index (χ1) is 13.4. The van der Waals surface area contributed by atoms with Gasteiger partial charge in [0.1, 0.15) is 11.5 Å². The summed E-state index contributed by atoms with van der Waals surface area (Å²) >= 11 is 0. The average molecular weight is 403 g/mol. The van der Waals surface area contributed by atoms with Crippen LogP contribution in [-0.2, 0) is 19.4 Å². The zero-order chi connectivity index (χ0) is 20.0. The standard InChI is InChI=1S/C18H21N5O4S/c24-16(21-15-5-2-1-3-6-15)13-28(26,27)14-17(25)22-9-11-23(12-10-22)18-19-7-4-8-20-18/h1-8H,9-14H2,(H,21,24). The maximum absolute atomic E-state index is 12.4. The van der Waals surface area contributed by atoms with Gasteiger partial charge in [-0.2, -0.15) is 0 Å². The fourth-order valence-electron chi connectivity index (χ4n) is 2.86. The van der Waals surface area contributed by atoms with E-state index in [-0.39, 0.29) is 0 Å². The summed E-state index contributed by atoms with van der Waals surface area (Å²) in [6, 6.07) is 10.3. The molecule has 0 saturated carbocycles. The lowest BCUT2D eigenvalue weighted by Gasteiger charge is -2.34. The number of carbonyl (C=O) groups excluding carboxylic acids is 2. The Bertz CT molecular complexity index is 914. The van der Waals surface area contributed by atoms with Crippen molar-refractivity contribution in [1.82, 2.24) is 14.9 Å². The first-order valence-electron chi connectivity index (χ1n) is 8.78. The van der Waals surface area contributed by atoms with Crippen LogP contribution in [0.1, 0.15) is 0 Å². The molecule has 1 fully saturated rings. The molecule has 0 atom stereocenters. The normalized spacial score (nSPS) is 14.6. The van der Waals surface area contributed by atoms with Crippen molar-refractivity contribution in [3.63, 3.8) is 0 Å². The molecule has 1 aromatic heterocycles. The predicted octanol–water partition coefficient (Wildman–Crippen LogP) is 0.179. The minimum atomic E-state index is -3.86. The number of sulfone groups is 1. The molecule has 1 saturated heterocycles. The van der Waals surface area contributed by atoms with Gasteiger partial charge < -0.3 is 15.1 Å². The summed E-state index contributed by atoms with van der Waals surface area (Å²) in [5, 5.41) is 2.51. The monoisotopic (exact) mass is 403 g/mol. The molecule has 2 amide bonds. The van der Waals surface area contributed by atoms with E-state index in [9.17, 15) is 18.0 Å². The second kappa shape index (κ2) is 8.79. The lowest BCUT2D eigenvalue weighted by atomic mass is 10.3. The number of carbonyl (C=O) groups is 2. The highest BCUT2D eigenvalue weighted by Crippen LogP contribution is 2.11. The molecule has 10 heteroatoms. The van der Waals surface area contributed by atoms with Crippen molar-refractivity contribution in [3.8, 4) is 0 Å². The molecule has 0 spiro atoms. The van der Waals surface area contributed by atoms with Crippen LogP contribution in [0.3, 0.4) is 0 Å². The number of para-hydroxylation sites is 1. The molecule has 0 aliphatic carbocycles. The van der Waals surface area contributed by atoms with E-state index in [0.29, 0.717) is 37.8 Å². The van der Waals surface area contributed by atoms with E-state index in [4.69, 9.17) is 0 Å². The molecule has 0 radical (unpaired) electrons. The smallest absolute Gasteiger partial charge is 0.239 e. The van der Waals surface area contributed by atoms with Crippen LogP contribution in [0.2, 0.25) is 0 Å². The second-order valence-corrected chi connectivity index (χ2v) is 8.43. The highest BCUT2D eigenvalue weighted by molar-refractivity contribution is 7.92. The van der Waals surface area contributed by atoms with Gasteiger partial charge in [0.25, 0.3) is 0 Å². The Morgan fingerprint density at radius 3 is 2.21 bits per heavy atom. The first kappa shape index (κ1) is 19.7. The van der Waals surface area contributed by atoms with Crippen molar-refractivity contribution in [3.05, 3.63) is 48.8 Å². The Morgan fingerprint density at radius 2 is 1.57 bits per heavy atom. The summed E-state index contributed by atoms with van der Waals surface area (Å²) in [7, 11) is -3.86. The van der Waals surface area contributed by atoms with E-state index < -0.39 is 33.2 Å². The SMILES string of the molecule is O=C(CS(=O)(=O)CC(=O)N1CCN(c2ncccn2)CC1)Nc1ccccc1. The molecular weight excluding hydrogens is 382 g/mol. The molecule has 1 N–H and O–H groups in total. The summed E-state index contributed by atoms with van der Waals surface area (Å²) in [6.07, 6.45) is 3.29. The number of anilines is 2. The predicted molar refractivity (Wildman–Crippen MR) is 105 cm³/mol. The number of piperazine rings is 1. The highest BCUT2D eigenvalue weighted by atomic mass is 32.2. The third-order valence-electron chi connectivity index (χ3n) is 4.22. The van der Waals surface area contributed by atoms with Gasteiger partial charge in [-0.3, -0.25) is 9.59 Å². The lowest BCUT2D eigenvalue weighted by Crippen LogP contribution is -2.50. The van der Waals surface area contributed by atoms with Crippen LogP contribution >= 0.6 is 0 Å². The van der Waals surface area contributed by atoms with E-state index >= 15 is 0 Å². The van der Waals surface area contributed by atoms with Crippen molar-refractivity contribution in [2.45, 2.75) is 0 Å². The molecule has 0 unspecified atom stereocenters. The average Bonchev–Trinajstić information content (AvgIpc) is 2.68. The number of hydrogen-bond acceptors (Lipinski definition) is 7. The topological polar surface area (TPSA) is 113 Å². The molecule has 148 valence electrons. The summed E-state index contributed by atoms with van der Waals surface area (Å²) in [5.74, 6) is -1.99. The van der Waals surface area contributed by atoms with Crippen molar-refractivity contribution < 1.29 is 18.0 Å². The molecule has 0 bridgehead atoms. The Hall–Kier alpha value is -3.01. The molecule has 2 heterocycles.